The predicted octanol–water partition coefficient (Wildman–Crippen LogP) is 3.03. The first-order chi connectivity index (χ1) is 12.9. The minimum atomic E-state index is -3.47. The number of hydrogen-bond donors (Lipinski definition) is 3. The molecule has 0 aromatic heterocycles. The van der Waals surface area contributed by atoms with Crippen LogP contribution in [0.5, 0.6) is 0 Å². The molecule has 0 spiro atoms. The molecule has 0 radical (unpaired) electrons. The molecule has 0 aliphatic heterocycles. The Morgan fingerprint density at radius 2 is 1.74 bits per heavy atom. The Hall–Kier alpha value is -2.09. The Morgan fingerprint density at radius 1 is 1.04 bits per heavy atom. The van der Waals surface area contributed by atoms with E-state index in [1.165, 1.54) is 12.1 Å². The third-order valence-electron chi connectivity index (χ3n) is 4.83. The molecule has 2 saturated carbocycles. The van der Waals surface area contributed by atoms with Crippen LogP contribution in [0, 0.1) is 5.92 Å². The van der Waals surface area contributed by atoms with E-state index in [0.717, 1.165) is 24.8 Å². The zero-order valence-corrected chi connectivity index (χ0v) is 16.1. The van der Waals surface area contributed by atoms with Gasteiger partial charge < -0.3 is 0 Å². The highest BCUT2D eigenvalue weighted by Gasteiger charge is 2.44. The molecule has 2 aliphatic carbocycles. The largest absolute Gasteiger partial charge is 0.299 e. The summed E-state index contributed by atoms with van der Waals surface area (Å²) in [6.45, 7) is 0. The van der Waals surface area contributed by atoms with Crippen molar-refractivity contribution in [3.63, 3.8) is 0 Å². The molecule has 6 nitrogen and oxygen atoms in total. The predicted molar refractivity (Wildman–Crippen MR) is 104 cm³/mol. The molecule has 2 fully saturated rings. The molecule has 3 N–H and O–H groups in total. The van der Waals surface area contributed by atoms with E-state index in [9.17, 15) is 13.2 Å². The topological polar surface area (TPSA) is 87.3 Å². The maximum absolute atomic E-state index is 12.3. The lowest BCUT2D eigenvalue weighted by atomic mass is 10.1. The van der Waals surface area contributed by atoms with Gasteiger partial charge in [-0.3, -0.25) is 15.6 Å². The van der Waals surface area contributed by atoms with Gasteiger partial charge in [0.25, 0.3) is 0 Å². The first kappa shape index (κ1) is 18.3. The number of anilines is 1. The lowest BCUT2D eigenvalue weighted by Gasteiger charge is -2.10. The fourth-order valence-electron chi connectivity index (χ4n) is 3.04. The molecule has 8 heteroatoms. The van der Waals surface area contributed by atoms with E-state index < -0.39 is 10.0 Å². The van der Waals surface area contributed by atoms with E-state index in [1.54, 1.807) is 12.1 Å². The van der Waals surface area contributed by atoms with Crippen molar-refractivity contribution in [1.29, 1.82) is 0 Å². The number of benzene rings is 2. The molecule has 0 bridgehead atoms. The SMILES string of the molecule is O=C(NNc1ccc(S(=O)(=O)NC2CC2)cc1)C1CC1c1ccccc1Cl. The van der Waals surface area contributed by atoms with Crippen molar-refractivity contribution >= 4 is 33.2 Å². The average Bonchev–Trinajstić information content (AvgIpc) is 3.56. The smallest absolute Gasteiger partial charge is 0.242 e. The van der Waals surface area contributed by atoms with Gasteiger partial charge in [0.15, 0.2) is 0 Å². The minimum Gasteiger partial charge on any atom is -0.299 e. The zero-order chi connectivity index (χ0) is 19.0. The van der Waals surface area contributed by atoms with Crippen LogP contribution in [0.4, 0.5) is 5.69 Å². The zero-order valence-electron chi connectivity index (χ0n) is 14.5. The highest BCUT2D eigenvalue weighted by molar-refractivity contribution is 7.89. The van der Waals surface area contributed by atoms with Crippen LogP contribution >= 0.6 is 11.6 Å². The second kappa shape index (κ2) is 7.14. The highest BCUT2D eigenvalue weighted by atomic mass is 35.5. The summed E-state index contributed by atoms with van der Waals surface area (Å²) in [5, 5.41) is 0.683. The summed E-state index contributed by atoms with van der Waals surface area (Å²) in [5.74, 6) is -0.0756. The number of hydrogen-bond acceptors (Lipinski definition) is 4. The summed E-state index contributed by atoms with van der Waals surface area (Å²) in [5.41, 5.74) is 7.13. The fourth-order valence-corrected chi connectivity index (χ4v) is 4.62. The van der Waals surface area contributed by atoms with E-state index >= 15 is 0 Å². The molecule has 2 aliphatic rings. The molecule has 0 saturated heterocycles. The van der Waals surface area contributed by atoms with E-state index in [4.69, 9.17) is 11.6 Å². The summed E-state index contributed by atoms with van der Waals surface area (Å²) in [4.78, 5) is 12.5. The molecule has 2 atom stereocenters. The number of rotatable bonds is 7. The fraction of sp³-hybridized carbons (Fsp3) is 0.316. The lowest BCUT2D eigenvalue weighted by molar-refractivity contribution is -0.121. The lowest BCUT2D eigenvalue weighted by Crippen LogP contribution is -2.31. The van der Waals surface area contributed by atoms with Gasteiger partial charge in [0.1, 0.15) is 0 Å². The third kappa shape index (κ3) is 4.26. The maximum atomic E-state index is 12.3. The van der Waals surface area contributed by atoms with Crippen LogP contribution < -0.4 is 15.6 Å². The van der Waals surface area contributed by atoms with Crippen LogP contribution in [0.3, 0.4) is 0 Å². The Kier molecular flexibility index (Phi) is 4.84. The van der Waals surface area contributed by atoms with Crippen molar-refractivity contribution in [2.45, 2.75) is 36.1 Å². The standard InChI is InChI=1S/C19H20ClN3O3S/c20-18-4-2-1-3-15(18)16-11-17(16)19(24)22-21-12-7-9-14(10-8-12)27(25,26)23-13-5-6-13/h1-4,7-10,13,16-17,21,23H,5-6,11H2,(H,22,24). The van der Waals surface area contributed by atoms with Crippen molar-refractivity contribution in [3.05, 3.63) is 59.1 Å². The van der Waals surface area contributed by atoms with Crippen LogP contribution in [-0.4, -0.2) is 20.4 Å². The monoisotopic (exact) mass is 405 g/mol. The van der Waals surface area contributed by atoms with Crippen LogP contribution in [0.1, 0.15) is 30.7 Å². The third-order valence-corrected chi connectivity index (χ3v) is 6.71. The molecule has 1 amide bonds. The molecule has 27 heavy (non-hydrogen) atoms. The Balaban J connectivity index is 1.31. The molecular weight excluding hydrogens is 386 g/mol. The van der Waals surface area contributed by atoms with E-state index in [1.807, 2.05) is 24.3 Å². The molecule has 2 unspecified atom stereocenters. The van der Waals surface area contributed by atoms with Crippen LogP contribution in [0.2, 0.25) is 5.02 Å². The van der Waals surface area contributed by atoms with Gasteiger partial charge in [0, 0.05) is 17.0 Å². The van der Waals surface area contributed by atoms with Crippen LogP contribution in [-0.2, 0) is 14.8 Å². The Morgan fingerprint density at radius 3 is 2.41 bits per heavy atom. The number of hydrazine groups is 1. The van der Waals surface area contributed by atoms with Gasteiger partial charge in [-0.15, -0.1) is 0 Å². The maximum Gasteiger partial charge on any atom is 0.242 e. The van der Waals surface area contributed by atoms with E-state index in [-0.39, 0.29) is 28.7 Å². The summed E-state index contributed by atoms with van der Waals surface area (Å²) < 4.78 is 26.9. The van der Waals surface area contributed by atoms with Crippen molar-refractivity contribution < 1.29 is 13.2 Å². The van der Waals surface area contributed by atoms with Crippen molar-refractivity contribution in [3.8, 4) is 0 Å². The number of nitrogens with one attached hydrogen (secondary N) is 3. The first-order valence-corrected chi connectivity index (χ1v) is 10.7. The van der Waals surface area contributed by atoms with Gasteiger partial charge in [0.05, 0.1) is 10.6 Å². The second-order valence-corrected chi connectivity index (χ2v) is 9.13. The number of carbonyl (C=O) groups excluding carboxylic acids is 1. The van der Waals surface area contributed by atoms with Gasteiger partial charge in [-0.2, -0.15) is 0 Å². The highest BCUT2D eigenvalue weighted by Crippen LogP contribution is 2.49. The number of sulfonamides is 1. The van der Waals surface area contributed by atoms with Gasteiger partial charge >= 0.3 is 0 Å². The van der Waals surface area contributed by atoms with Gasteiger partial charge in [-0.05, 0) is 61.1 Å². The number of halogens is 1. The van der Waals surface area contributed by atoms with Gasteiger partial charge in [-0.25, -0.2) is 13.1 Å². The number of amides is 1. The molecular formula is C19H20ClN3O3S. The first-order valence-electron chi connectivity index (χ1n) is 8.87. The Bertz CT molecular complexity index is 958. The Labute approximate surface area is 163 Å². The summed E-state index contributed by atoms with van der Waals surface area (Å²) in [6, 6.07) is 13.9. The quantitative estimate of drug-likeness (QED) is 0.618. The molecule has 2 aromatic rings. The van der Waals surface area contributed by atoms with Gasteiger partial charge in [0.2, 0.25) is 15.9 Å². The van der Waals surface area contributed by atoms with Crippen molar-refractivity contribution in [2.24, 2.45) is 5.92 Å². The number of carbonyl (C=O) groups is 1. The van der Waals surface area contributed by atoms with Crippen molar-refractivity contribution in [2.75, 3.05) is 5.43 Å². The summed E-state index contributed by atoms with van der Waals surface area (Å²) in [6.07, 6.45) is 2.55. The minimum absolute atomic E-state index is 0.0664. The molecule has 4 rings (SSSR count). The van der Waals surface area contributed by atoms with Crippen LogP contribution in [0.15, 0.2) is 53.4 Å². The van der Waals surface area contributed by atoms with Crippen molar-refractivity contribution in [1.82, 2.24) is 10.1 Å². The molecule has 2 aromatic carbocycles. The van der Waals surface area contributed by atoms with Crippen LogP contribution in [0.25, 0.3) is 0 Å². The van der Waals surface area contributed by atoms with E-state index in [0.29, 0.717) is 10.7 Å². The molecule has 142 valence electrons. The molecule has 0 heterocycles. The summed E-state index contributed by atoms with van der Waals surface area (Å²) in [7, 11) is -3.47. The van der Waals surface area contributed by atoms with Gasteiger partial charge in [-0.1, -0.05) is 29.8 Å². The second-order valence-electron chi connectivity index (χ2n) is 7.00. The average molecular weight is 406 g/mol. The summed E-state index contributed by atoms with van der Waals surface area (Å²) >= 11 is 6.19. The van der Waals surface area contributed by atoms with E-state index in [2.05, 4.69) is 15.6 Å². The normalized spacial score (nSPS) is 21.5.